The second-order valence-corrected chi connectivity index (χ2v) is 5.07. The highest BCUT2D eigenvalue weighted by atomic mass is 19.1. The monoisotopic (exact) mass is 314 g/mol. The van der Waals surface area contributed by atoms with Gasteiger partial charge in [0.25, 0.3) is 0 Å². The second kappa shape index (κ2) is 7.84. The van der Waals surface area contributed by atoms with E-state index in [1.165, 1.54) is 12.1 Å². The molecule has 0 fully saturated rings. The number of likely N-dealkylation sites (N-methyl/N-ethyl adjacent to an activating group) is 1. The number of hydrogen-bond acceptors (Lipinski definition) is 5. The van der Waals surface area contributed by atoms with Crippen LogP contribution in [0.25, 0.3) is 0 Å². The quantitative estimate of drug-likeness (QED) is 0.467. The van der Waals surface area contributed by atoms with Crippen LogP contribution in [0.15, 0.2) is 12.1 Å². The van der Waals surface area contributed by atoms with E-state index in [1.807, 2.05) is 0 Å². The molecule has 0 amide bonds. The number of rotatable bonds is 7. The Kier molecular flexibility index (Phi) is 6.42. The Morgan fingerprint density at radius 1 is 1.36 bits per heavy atom. The third kappa shape index (κ3) is 3.79. The molecule has 0 aliphatic heterocycles. The van der Waals surface area contributed by atoms with E-state index in [2.05, 4.69) is 10.1 Å². The molecule has 7 heteroatoms. The molecule has 0 saturated carbocycles. The van der Waals surface area contributed by atoms with Crippen molar-refractivity contribution < 1.29 is 23.1 Å². The summed E-state index contributed by atoms with van der Waals surface area (Å²) in [5.74, 6) is -4.72. The highest BCUT2D eigenvalue weighted by molar-refractivity contribution is 5.89. The van der Waals surface area contributed by atoms with Crippen molar-refractivity contribution in [2.45, 2.75) is 5.92 Å². The van der Waals surface area contributed by atoms with Gasteiger partial charge < -0.3 is 19.7 Å². The van der Waals surface area contributed by atoms with Gasteiger partial charge in [0.1, 0.15) is 23.8 Å². The maximum Gasteiger partial charge on any atom is 0.316 e. The number of esters is 1. The number of carbonyl (C=O) groups is 2. The van der Waals surface area contributed by atoms with Gasteiger partial charge in [-0.25, -0.2) is 8.78 Å². The lowest BCUT2D eigenvalue weighted by atomic mass is 9.85. The molecule has 5 nitrogen and oxygen atoms in total. The van der Waals surface area contributed by atoms with Crippen molar-refractivity contribution in [1.29, 1.82) is 0 Å². The van der Waals surface area contributed by atoms with Crippen LogP contribution in [0.2, 0.25) is 0 Å². The molecule has 1 rings (SSSR count). The first-order chi connectivity index (χ1) is 10.4. The predicted molar refractivity (Wildman–Crippen MR) is 78.9 cm³/mol. The van der Waals surface area contributed by atoms with Gasteiger partial charge in [0.05, 0.1) is 7.11 Å². The number of carbonyl (C=O) groups excluding carboxylic acids is 2. The van der Waals surface area contributed by atoms with Crippen LogP contribution in [0.4, 0.5) is 14.5 Å². The third-order valence-corrected chi connectivity index (χ3v) is 3.43. The Morgan fingerprint density at radius 2 is 1.91 bits per heavy atom. The molecule has 0 aliphatic rings. The summed E-state index contributed by atoms with van der Waals surface area (Å²) in [5, 5.41) is 2.74. The summed E-state index contributed by atoms with van der Waals surface area (Å²) in [6.07, 6.45) is 0.354. The molecule has 0 spiro atoms. The molecule has 1 aromatic rings. The molecule has 1 N–H and O–H groups in total. The normalized spacial score (nSPS) is 13.4. The molecule has 0 bridgehead atoms. The average Bonchev–Trinajstić information content (AvgIpc) is 2.46. The molecule has 0 heterocycles. The molecule has 2 atom stereocenters. The minimum atomic E-state index is -1.29. The molecule has 0 aliphatic carbocycles. The number of aldehydes is 1. The average molecular weight is 314 g/mol. The Morgan fingerprint density at radius 3 is 2.27 bits per heavy atom. The second-order valence-electron chi connectivity index (χ2n) is 5.07. The van der Waals surface area contributed by atoms with Crippen molar-refractivity contribution in [2.24, 2.45) is 5.92 Å². The number of benzene rings is 1. The largest absolute Gasteiger partial charge is 0.468 e. The first kappa shape index (κ1) is 18.0. The zero-order valence-corrected chi connectivity index (χ0v) is 13.0. The van der Waals surface area contributed by atoms with Gasteiger partial charge in [-0.2, -0.15) is 0 Å². The van der Waals surface area contributed by atoms with Crippen LogP contribution < -0.4 is 10.2 Å². The Balaban J connectivity index is 3.38. The van der Waals surface area contributed by atoms with Gasteiger partial charge in [-0.15, -0.1) is 0 Å². The predicted octanol–water partition coefficient (Wildman–Crippen LogP) is 1.32. The van der Waals surface area contributed by atoms with E-state index in [4.69, 9.17) is 0 Å². The summed E-state index contributed by atoms with van der Waals surface area (Å²) in [4.78, 5) is 24.5. The molecule has 122 valence electrons. The molecule has 22 heavy (non-hydrogen) atoms. The highest BCUT2D eigenvalue weighted by Gasteiger charge is 2.34. The standard InChI is InChI=1S/C15H20F2N2O3/c1-18-7-10(11(8-20)15(21)22-4)14-12(16)5-9(19(2)3)6-13(14)17/h5-6,8,10-11,18H,7H2,1-4H3/t10?,11-/m1/s1. The zero-order valence-electron chi connectivity index (χ0n) is 13.0. The first-order valence-corrected chi connectivity index (χ1v) is 6.71. The molecular formula is C15H20F2N2O3. The summed E-state index contributed by atoms with van der Waals surface area (Å²) in [5.41, 5.74) is 0.0464. The van der Waals surface area contributed by atoms with Crippen molar-refractivity contribution >= 4 is 17.9 Å². The Bertz CT molecular complexity index is 527. The first-order valence-electron chi connectivity index (χ1n) is 6.71. The van der Waals surface area contributed by atoms with E-state index < -0.39 is 29.4 Å². The number of anilines is 1. The molecule has 1 unspecified atom stereocenters. The summed E-state index contributed by atoms with van der Waals surface area (Å²) >= 11 is 0. The van der Waals surface area contributed by atoms with Crippen LogP contribution in [0.1, 0.15) is 11.5 Å². The maximum atomic E-state index is 14.3. The Hall–Kier alpha value is -2.02. The van der Waals surface area contributed by atoms with Crippen LogP contribution >= 0.6 is 0 Å². The van der Waals surface area contributed by atoms with Gasteiger partial charge >= 0.3 is 5.97 Å². The molecular weight excluding hydrogens is 294 g/mol. The van der Waals surface area contributed by atoms with Crippen LogP contribution in [-0.4, -0.2) is 47.1 Å². The van der Waals surface area contributed by atoms with E-state index in [0.717, 1.165) is 7.11 Å². The molecule has 0 saturated heterocycles. The van der Waals surface area contributed by atoms with Crippen LogP contribution in [0.5, 0.6) is 0 Å². The maximum absolute atomic E-state index is 14.3. The number of nitrogens with zero attached hydrogens (tertiary/aromatic N) is 1. The van der Waals surface area contributed by atoms with E-state index >= 15 is 0 Å². The summed E-state index contributed by atoms with van der Waals surface area (Å²) < 4.78 is 33.2. The summed E-state index contributed by atoms with van der Waals surface area (Å²) in [6, 6.07) is 2.33. The van der Waals surface area contributed by atoms with Crippen molar-refractivity contribution in [2.75, 3.05) is 39.7 Å². The van der Waals surface area contributed by atoms with E-state index in [9.17, 15) is 18.4 Å². The lowest BCUT2D eigenvalue weighted by Crippen LogP contribution is -2.32. The van der Waals surface area contributed by atoms with Gasteiger partial charge in [-0.3, -0.25) is 4.79 Å². The number of hydrogen-bond donors (Lipinski definition) is 1. The number of nitrogens with one attached hydrogen (secondary N) is 1. The fourth-order valence-corrected chi connectivity index (χ4v) is 2.26. The van der Waals surface area contributed by atoms with Crippen LogP contribution in [0.3, 0.4) is 0 Å². The van der Waals surface area contributed by atoms with Gasteiger partial charge in [-0.05, 0) is 19.2 Å². The van der Waals surface area contributed by atoms with Crippen molar-refractivity contribution in [1.82, 2.24) is 5.32 Å². The topological polar surface area (TPSA) is 58.6 Å². The number of methoxy groups -OCH3 is 1. The molecule has 1 aromatic carbocycles. The fraction of sp³-hybridized carbons (Fsp3) is 0.467. The van der Waals surface area contributed by atoms with E-state index in [0.29, 0.717) is 12.0 Å². The van der Waals surface area contributed by atoms with Gasteiger partial charge in [0.2, 0.25) is 0 Å². The molecule has 0 radical (unpaired) electrons. The van der Waals surface area contributed by atoms with Gasteiger partial charge in [-0.1, -0.05) is 0 Å². The van der Waals surface area contributed by atoms with Gasteiger partial charge in [0.15, 0.2) is 0 Å². The Labute approximate surface area is 128 Å². The highest BCUT2D eigenvalue weighted by Crippen LogP contribution is 2.31. The zero-order chi connectivity index (χ0) is 16.9. The molecule has 0 aromatic heterocycles. The SMILES string of the molecule is CNCC(c1c(F)cc(N(C)C)cc1F)[C@@H](C=O)C(=O)OC. The summed E-state index contributed by atoms with van der Waals surface area (Å²) in [7, 11) is 6.00. The minimum Gasteiger partial charge on any atom is -0.468 e. The summed E-state index contributed by atoms with van der Waals surface area (Å²) in [6.45, 7) is 0.0493. The van der Waals surface area contributed by atoms with E-state index in [1.54, 1.807) is 26.0 Å². The fourth-order valence-electron chi connectivity index (χ4n) is 2.26. The number of ether oxygens (including phenoxy) is 1. The number of halogens is 2. The van der Waals surface area contributed by atoms with Crippen molar-refractivity contribution in [3.8, 4) is 0 Å². The lowest BCUT2D eigenvalue weighted by Gasteiger charge is -2.23. The van der Waals surface area contributed by atoms with Crippen LogP contribution in [0, 0.1) is 17.6 Å². The van der Waals surface area contributed by atoms with Crippen molar-refractivity contribution in [3.63, 3.8) is 0 Å². The smallest absolute Gasteiger partial charge is 0.316 e. The van der Waals surface area contributed by atoms with Crippen molar-refractivity contribution in [3.05, 3.63) is 29.3 Å². The van der Waals surface area contributed by atoms with Gasteiger partial charge in [0, 0.05) is 37.8 Å². The third-order valence-electron chi connectivity index (χ3n) is 3.43. The lowest BCUT2D eigenvalue weighted by molar-refractivity contribution is -0.147. The van der Waals surface area contributed by atoms with E-state index in [-0.39, 0.29) is 12.1 Å². The van der Waals surface area contributed by atoms with Crippen LogP contribution in [-0.2, 0) is 14.3 Å². The minimum absolute atomic E-state index is 0.0493.